The minimum Gasteiger partial charge on any atom is -0.468 e. The zero-order chi connectivity index (χ0) is 15.8. The summed E-state index contributed by atoms with van der Waals surface area (Å²) in [5, 5.41) is 0.610. The van der Waals surface area contributed by atoms with Gasteiger partial charge < -0.3 is 18.8 Å². The first-order chi connectivity index (χ1) is 9.68. The predicted molar refractivity (Wildman–Crippen MR) is 84.4 cm³/mol. The van der Waals surface area contributed by atoms with Gasteiger partial charge in [0.1, 0.15) is 5.75 Å². The quantitative estimate of drug-likeness (QED) is 0.633. The summed E-state index contributed by atoms with van der Waals surface area (Å²) < 4.78 is 22.8. The molecule has 1 fully saturated rings. The number of hydrogen-bond acceptors (Lipinski definition) is 4. The van der Waals surface area contributed by atoms with Crippen molar-refractivity contribution < 1.29 is 18.8 Å². The Bertz CT molecular complexity index is 515. The Morgan fingerprint density at radius 1 is 1.14 bits per heavy atom. The van der Waals surface area contributed by atoms with Gasteiger partial charge in [-0.25, -0.2) is 0 Å². The summed E-state index contributed by atoms with van der Waals surface area (Å²) in [5.74, 6) is 0.625. The van der Waals surface area contributed by atoms with Gasteiger partial charge in [-0.3, -0.25) is 0 Å². The van der Waals surface area contributed by atoms with Crippen molar-refractivity contribution in [2.75, 3.05) is 13.9 Å². The first-order valence-corrected chi connectivity index (χ1v) is 7.33. The molecule has 1 aliphatic heterocycles. The van der Waals surface area contributed by atoms with Gasteiger partial charge in [-0.15, -0.1) is 0 Å². The van der Waals surface area contributed by atoms with Crippen molar-refractivity contribution in [1.82, 2.24) is 0 Å². The zero-order valence-corrected chi connectivity index (χ0v) is 14.2. The SMILES string of the molecule is COCOc1cc(Cl)cc(C)c1B1OC(C)(C)C(C)(C)O1. The van der Waals surface area contributed by atoms with E-state index < -0.39 is 18.3 Å². The smallest absolute Gasteiger partial charge is 0.468 e. The molecule has 0 radical (unpaired) electrons. The van der Waals surface area contributed by atoms with E-state index in [0.717, 1.165) is 11.0 Å². The van der Waals surface area contributed by atoms with Crippen LogP contribution in [0, 0.1) is 6.92 Å². The maximum Gasteiger partial charge on any atom is 0.498 e. The second kappa shape index (κ2) is 5.80. The Morgan fingerprint density at radius 2 is 1.71 bits per heavy atom. The predicted octanol–water partition coefficient (Wildman–Crippen LogP) is 2.93. The maximum absolute atomic E-state index is 6.12. The number of methoxy groups -OCH3 is 1. The fourth-order valence-corrected chi connectivity index (χ4v) is 2.49. The lowest BCUT2D eigenvalue weighted by Gasteiger charge is -2.32. The van der Waals surface area contributed by atoms with Gasteiger partial charge in [-0.2, -0.15) is 0 Å². The van der Waals surface area contributed by atoms with Crippen molar-refractivity contribution in [2.24, 2.45) is 0 Å². The molecule has 116 valence electrons. The molecule has 1 aliphatic rings. The van der Waals surface area contributed by atoms with Crippen LogP contribution in [0.3, 0.4) is 0 Å². The van der Waals surface area contributed by atoms with Crippen LogP contribution < -0.4 is 10.2 Å². The van der Waals surface area contributed by atoms with Crippen LogP contribution in [0.15, 0.2) is 12.1 Å². The van der Waals surface area contributed by atoms with Crippen molar-refractivity contribution in [3.63, 3.8) is 0 Å². The number of aryl methyl sites for hydroxylation is 1. The van der Waals surface area contributed by atoms with Crippen molar-refractivity contribution in [2.45, 2.75) is 45.8 Å². The van der Waals surface area contributed by atoms with E-state index in [1.807, 2.05) is 40.7 Å². The average Bonchev–Trinajstić information content (AvgIpc) is 2.54. The highest BCUT2D eigenvalue weighted by Gasteiger charge is 2.52. The molecule has 0 N–H and O–H groups in total. The molecule has 0 amide bonds. The van der Waals surface area contributed by atoms with Gasteiger partial charge >= 0.3 is 7.12 Å². The van der Waals surface area contributed by atoms with Gasteiger partial charge in [0.15, 0.2) is 6.79 Å². The van der Waals surface area contributed by atoms with E-state index in [2.05, 4.69) is 0 Å². The highest BCUT2D eigenvalue weighted by Crippen LogP contribution is 2.37. The molecule has 1 heterocycles. The van der Waals surface area contributed by atoms with Crippen LogP contribution in [0.1, 0.15) is 33.3 Å². The molecule has 1 saturated heterocycles. The zero-order valence-electron chi connectivity index (χ0n) is 13.5. The lowest BCUT2D eigenvalue weighted by Crippen LogP contribution is -2.41. The number of benzene rings is 1. The summed E-state index contributed by atoms with van der Waals surface area (Å²) >= 11 is 6.12. The number of halogens is 1. The lowest BCUT2D eigenvalue weighted by atomic mass is 9.75. The molecule has 6 heteroatoms. The largest absolute Gasteiger partial charge is 0.498 e. The summed E-state index contributed by atoms with van der Waals surface area (Å²) in [6.45, 7) is 10.2. The highest BCUT2D eigenvalue weighted by molar-refractivity contribution is 6.63. The van der Waals surface area contributed by atoms with Crippen molar-refractivity contribution in [3.05, 3.63) is 22.7 Å². The normalized spacial score (nSPS) is 19.9. The molecule has 2 rings (SSSR count). The Kier molecular flexibility index (Phi) is 4.59. The lowest BCUT2D eigenvalue weighted by molar-refractivity contribution is 0.00578. The molecular weight excluding hydrogens is 290 g/mol. The van der Waals surface area contributed by atoms with Gasteiger partial charge in [-0.05, 0) is 52.3 Å². The summed E-state index contributed by atoms with van der Waals surface area (Å²) in [6.07, 6.45) is 0. The van der Waals surface area contributed by atoms with Crippen LogP contribution in [0.25, 0.3) is 0 Å². The van der Waals surface area contributed by atoms with Crippen LogP contribution in [0.2, 0.25) is 5.02 Å². The summed E-state index contributed by atoms with van der Waals surface area (Å²) in [4.78, 5) is 0. The Labute approximate surface area is 131 Å². The van der Waals surface area contributed by atoms with E-state index in [1.54, 1.807) is 13.2 Å². The average molecular weight is 313 g/mol. The summed E-state index contributed by atoms with van der Waals surface area (Å²) in [7, 11) is 1.09. The third-order valence-electron chi connectivity index (χ3n) is 4.13. The molecule has 1 aromatic carbocycles. The molecule has 0 aliphatic carbocycles. The van der Waals surface area contributed by atoms with Crippen molar-refractivity contribution >= 4 is 24.2 Å². The van der Waals surface area contributed by atoms with Gasteiger partial charge in [0.05, 0.1) is 11.2 Å². The molecule has 0 saturated carbocycles. The molecule has 0 bridgehead atoms. The Morgan fingerprint density at radius 3 is 2.24 bits per heavy atom. The van der Waals surface area contributed by atoms with Gasteiger partial charge in [0.25, 0.3) is 0 Å². The topological polar surface area (TPSA) is 36.9 Å². The first kappa shape index (κ1) is 16.6. The van der Waals surface area contributed by atoms with Crippen LogP contribution in [0.4, 0.5) is 0 Å². The van der Waals surface area contributed by atoms with E-state index >= 15 is 0 Å². The Balaban J connectivity index is 2.40. The Hall–Kier alpha value is -0.745. The van der Waals surface area contributed by atoms with Gasteiger partial charge in [0.2, 0.25) is 0 Å². The third-order valence-corrected chi connectivity index (χ3v) is 4.35. The van der Waals surface area contributed by atoms with Crippen LogP contribution in [-0.2, 0) is 14.0 Å². The minimum absolute atomic E-state index is 0.145. The van der Waals surface area contributed by atoms with Crippen molar-refractivity contribution in [1.29, 1.82) is 0 Å². The minimum atomic E-state index is -0.487. The monoisotopic (exact) mass is 312 g/mol. The van der Waals surface area contributed by atoms with E-state index in [9.17, 15) is 0 Å². The number of rotatable bonds is 4. The molecule has 4 nitrogen and oxygen atoms in total. The van der Waals surface area contributed by atoms with Crippen LogP contribution in [0.5, 0.6) is 5.75 Å². The second-order valence-corrected chi connectivity index (χ2v) is 6.71. The van der Waals surface area contributed by atoms with Gasteiger partial charge in [0, 0.05) is 17.6 Å². The molecular formula is C15H22BClO4. The van der Waals surface area contributed by atoms with E-state index in [4.69, 9.17) is 30.4 Å². The molecule has 0 atom stereocenters. The fourth-order valence-electron chi connectivity index (χ4n) is 2.23. The standard InChI is InChI=1S/C15H22BClO4/c1-10-7-11(17)8-12(19-9-18-6)13(10)16-20-14(2,3)15(4,5)21-16/h7-8H,9H2,1-6H3. The van der Waals surface area contributed by atoms with Gasteiger partial charge in [-0.1, -0.05) is 11.6 Å². The third kappa shape index (κ3) is 3.21. The van der Waals surface area contributed by atoms with Crippen LogP contribution >= 0.6 is 11.6 Å². The molecule has 0 unspecified atom stereocenters. The van der Waals surface area contributed by atoms with E-state index in [0.29, 0.717) is 10.8 Å². The van der Waals surface area contributed by atoms with Crippen LogP contribution in [-0.4, -0.2) is 32.2 Å². The molecule has 1 aromatic rings. The van der Waals surface area contributed by atoms with E-state index in [-0.39, 0.29) is 6.79 Å². The molecule has 0 aromatic heterocycles. The van der Waals surface area contributed by atoms with Crippen molar-refractivity contribution in [3.8, 4) is 5.75 Å². The van der Waals surface area contributed by atoms with E-state index in [1.165, 1.54) is 0 Å². The second-order valence-electron chi connectivity index (χ2n) is 6.27. The fraction of sp³-hybridized carbons (Fsp3) is 0.600. The molecule has 21 heavy (non-hydrogen) atoms. The number of ether oxygens (including phenoxy) is 2. The summed E-state index contributed by atoms with van der Waals surface area (Å²) in [6, 6.07) is 3.63. The summed E-state index contributed by atoms with van der Waals surface area (Å²) in [5.41, 5.74) is 1.02. The number of hydrogen-bond donors (Lipinski definition) is 0. The first-order valence-electron chi connectivity index (χ1n) is 6.95. The highest BCUT2D eigenvalue weighted by atomic mass is 35.5. The maximum atomic E-state index is 6.12. The molecule has 0 spiro atoms.